The predicted molar refractivity (Wildman–Crippen MR) is 49.8 cm³/mol. The van der Waals surface area contributed by atoms with E-state index >= 15 is 0 Å². The number of nitrogen functional groups attached to an aromatic ring is 2. The van der Waals surface area contributed by atoms with E-state index in [-0.39, 0.29) is 5.95 Å². The molecule has 0 unspecified atom stereocenters. The van der Waals surface area contributed by atoms with Crippen molar-refractivity contribution < 1.29 is 0 Å². The van der Waals surface area contributed by atoms with Gasteiger partial charge < -0.3 is 11.5 Å². The molecule has 1 heterocycles. The first kappa shape index (κ1) is 8.80. The average Bonchev–Trinajstić information content (AvgIpc) is 1.96. The topological polar surface area (TPSA) is 77.8 Å². The molecule has 0 radical (unpaired) electrons. The first-order valence-corrected chi connectivity index (χ1v) is 3.71. The third-order valence-corrected chi connectivity index (χ3v) is 1.67. The van der Waals surface area contributed by atoms with E-state index in [9.17, 15) is 0 Å². The quantitative estimate of drug-likeness (QED) is 0.532. The normalized spacial score (nSPS) is 9.75. The van der Waals surface area contributed by atoms with Crippen LogP contribution in [0.5, 0.6) is 0 Å². The van der Waals surface area contributed by atoms with Crippen LogP contribution in [0, 0.1) is 0 Å². The van der Waals surface area contributed by atoms with E-state index in [1.54, 1.807) is 6.08 Å². The molecule has 0 spiro atoms. The number of hydrogen-bond donors (Lipinski definition) is 2. The molecule has 0 amide bonds. The fraction of sp³-hybridized carbons (Fsp3) is 0.143. The van der Waals surface area contributed by atoms with Crippen molar-refractivity contribution in [3.8, 4) is 0 Å². The largest absolute Gasteiger partial charge is 0.383 e. The molecule has 0 aliphatic rings. The molecule has 1 aromatic heterocycles. The Bertz CT molecular complexity index is 287. The van der Waals surface area contributed by atoms with Gasteiger partial charge in [-0.3, -0.25) is 0 Å². The molecule has 12 heavy (non-hydrogen) atoms. The third kappa shape index (κ3) is 1.65. The van der Waals surface area contributed by atoms with E-state index in [1.807, 2.05) is 0 Å². The number of aromatic nitrogens is 2. The monoisotopic (exact) mass is 184 g/mol. The lowest BCUT2D eigenvalue weighted by molar-refractivity contribution is 1.12. The van der Waals surface area contributed by atoms with Crippen LogP contribution in [0.1, 0.15) is 5.56 Å². The van der Waals surface area contributed by atoms with Gasteiger partial charge in [0.15, 0.2) is 0 Å². The second-order valence-corrected chi connectivity index (χ2v) is 2.59. The Hall–Kier alpha value is -1.29. The van der Waals surface area contributed by atoms with Gasteiger partial charge in [-0.25, -0.2) is 4.98 Å². The highest BCUT2D eigenvalue weighted by molar-refractivity contribution is 6.30. The molecule has 0 saturated heterocycles. The van der Waals surface area contributed by atoms with Gasteiger partial charge in [0.25, 0.3) is 0 Å². The second-order valence-electron chi connectivity index (χ2n) is 2.23. The SMILES string of the molecule is C=CCc1c(N)nc(N)nc1Cl. The summed E-state index contributed by atoms with van der Waals surface area (Å²) in [5.41, 5.74) is 11.5. The smallest absolute Gasteiger partial charge is 0.223 e. The third-order valence-electron chi connectivity index (χ3n) is 1.35. The second kappa shape index (κ2) is 3.40. The minimum Gasteiger partial charge on any atom is -0.383 e. The van der Waals surface area contributed by atoms with Crippen LogP contribution in [0.3, 0.4) is 0 Å². The van der Waals surface area contributed by atoms with E-state index in [2.05, 4.69) is 16.5 Å². The summed E-state index contributed by atoms with van der Waals surface area (Å²) in [6.07, 6.45) is 2.22. The van der Waals surface area contributed by atoms with Crippen molar-refractivity contribution in [2.75, 3.05) is 11.5 Å². The lowest BCUT2D eigenvalue weighted by Crippen LogP contribution is -2.04. The van der Waals surface area contributed by atoms with Crippen LogP contribution in [0.15, 0.2) is 12.7 Å². The summed E-state index contributed by atoms with van der Waals surface area (Å²) >= 11 is 5.75. The zero-order valence-corrected chi connectivity index (χ0v) is 7.17. The minimum atomic E-state index is 0.0883. The Morgan fingerprint density at radius 3 is 2.58 bits per heavy atom. The van der Waals surface area contributed by atoms with Crippen molar-refractivity contribution >= 4 is 23.4 Å². The van der Waals surface area contributed by atoms with Gasteiger partial charge in [0.1, 0.15) is 11.0 Å². The van der Waals surface area contributed by atoms with Crippen molar-refractivity contribution in [2.24, 2.45) is 0 Å². The highest BCUT2D eigenvalue weighted by Crippen LogP contribution is 2.19. The van der Waals surface area contributed by atoms with Gasteiger partial charge in [0.05, 0.1) is 0 Å². The van der Waals surface area contributed by atoms with Crippen molar-refractivity contribution in [1.82, 2.24) is 9.97 Å². The summed E-state index contributed by atoms with van der Waals surface area (Å²) in [5, 5.41) is 0.292. The van der Waals surface area contributed by atoms with E-state index in [4.69, 9.17) is 23.1 Å². The van der Waals surface area contributed by atoms with Crippen LogP contribution < -0.4 is 11.5 Å². The molecule has 64 valence electrons. The minimum absolute atomic E-state index is 0.0883. The van der Waals surface area contributed by atoms with E-state index in [0.29, 0.717) is 23.0 Å². The first-order chi connectivity index (χ1) is 5.65. The van der Waals surface area contributed by atoms with Crippen LogP contribution in [0.2, 0.25) is 5.15 Å². The number of allylic oxidation sites excluding steroid dienone is 1. The molecule has 0 aliphatic carbocycles. The Morgan fingerprint density at radius 2 is 2.08 bits per heavy atom. The van der Waals surface area contributed by atoms with Crippen molar-refractivity contribution in [3.63, 3.8) is 0 Å². The number of hydrogen-bond acceptors (Lipinski definition) is 4. The molecule has 0 atom stereocenters. The van der Waals surface area contributed by atoms with E-state index < -0.39 is 0 Å². The molecular formula is C7H9ClN4. The molecule has 0 fully saturated rings. The lowest BCUT2D eigenvalue weighted by atomic mass is 10.2. The van der Waals surface area contributed by atoms with E-state index in [1.165, 1.54) is 0 Å². The molecule has 0 aliphatic heterocycles. The molecule has 4 N–H and O–H groups in total. The average molecular weight is 185 g/mol. The van der Waals surface area contributed by atoms with Gasteiger partial charge in [-0.2, -0.15) is 4.98 Å². The summed E-state index contributed by atoms with van der Waals surface area (Å²) in [6.45, 7) is 3.56. The van der Waals surface area contributed by atoms with Crippen molar-refractivity contribution in [2.45, 2.75) is 6.42 Å². The highest BCUT2D eigenvalue weighted by Gasteiger charge is 2.06. The molecule has 1 rings (SSSR count). The molecule has 0 saturated carbocycles. The van der Waals surface area contributed by atoms with Gasteiger partial charge in [-0.1, -0.05) is 17.7 Å². The Kier molecular flexibility index (Phi) is 2.50. The standard InChI is InChI=1S/C7H9ClN4/c1-2-3-4-5(8)11-7(10)12-6(4)9/h2H,1,3H2,(H4,9,10,11,12). The number of anilines is 2. The summed E-state index contributed by atoms with van der Waals surface area (Å²) in [5.74, 6) is 0.401. The Morgan fingerprint density at radius 1 is 1.42 bits per heavy atom. The molecule has 1 aromatic rings. The van der Waals surface area contributed by atoms with Gasteiger partial charge in [-0.05, 0) is 6.42 Å². The fourth-order valence-electron chi connectivity index (χ4n) is 0.823. The number of rotatable bonds is 2. The summed E-state index contributed by atoms with van der Waals surface area (Å²) < 4.78 is 0. The highest BCUT2D eigenvalue weighted by atomic mass is 35.5. The summed E-state index contributed by atoms with van der Waals surface area (Å²) in [4.78, 5) is 7.52. The lowest BCUT2D eigenvalue weighted by Gasteiger charge is -2.03. The van der Waals surface area contributed by atoms with Gasteiger partial charge in [0.2, 0.25) is 5.95 Å². The summed E-state index contributed by atoms with van der Waals surface area (Å²) in [6, 6.07) is 0. The molecule has 4 nitrogen and oxygen atoms in total. The molecular weight excluding hydrogens is 176 g/mol. The van der Waals surface area contributed by atoms with Crippen LogP contribution in [-0.4, -0.2) is 9.97 Å². The van der Waals surface area contributed by atoms with Gasteiger partial charge in [-0.15, -0.1) is 6.58 Å². The van der Waals surface area contributed by atoms with Crippen LogP contribution >= 0.6 is 11.6 Å². The summed E-state index contributed by atoms with van der Waals surface area (Å²) in [7, 11) is 0. The van der Waals surface area contributed by atoms with E-state index in [0.717, 1.165) is 0 Å². The van der Waals surface area contributed by atoms with Crippen molar-refractivity contribution in [1.29, 1.82) is 0 Å². The Labute approximate surface area is 75.3 Å². The molecule has 0 aromatic carbocycles. The number of nitrogens with two attached hydrogens (primary N) is 2. The van der Waals surface area contributed by atoms with Crippen LogP contribution in [-0.2, 0) is 6.42 Å². The number of halogens is 1. The molecule has 5 heteroatoms. The Balaban J connectivity index is 3.18. The zero-order valence-electron chi connectivity index (χ0n) is 6.42. The fourth-order valence-corrected chi connectivity index (χ4v) is 1.08. The van der Waals surface area contributed by atoms with Crippen molar-refractivity contribution in [3.05, 3.63) is 23.4 Å². The maximum Gasteiger partial charge on any atom is 0.223 e. The molecule has 0 bridgehead atoms. The van der Waals surface area contributed by atoms with Crippen LogP contribution in [0.25, 0.3) is 0 Å². The maximum atomic E-state index is 5.75. The van der Waals surface area contributed by atoms with Gasteiger partial charge in [0, 0.05) is 5.56 Å². The zero-order chi connectivity index (χ0) is 9.14. The number of nitrogens with zero attached hydrogens (tertiary/aromatic N) is 2. The maximum absolute atomic E-state index is 5.75. The van der Waals surface area contributed by atoms with Gasteiger partial charge >= 0.3 is 0 Å². The first-order valence-electron chi connectivity index (χ1n) is 3.33. The predicted octanol–water partition coefficient (Wildman–Crippen LogP) is 1.02. The van der Waals surface area contributed by atoms with Crippen LogP contribution in [0.4, 0.5) is 11.8 Å².